The molecule has 3 nitrogen and oxygen atoms in total. The summed E-state index contributed by atoms with van der Waals surface area (Å²) < 4.78 is 3.26. The molecule has 0 aliphatic rings. The van der Waals surface area contributed by atoms with Gasteiger partial charge in [0, 0.05) is 11.0 Å². The molecular formula is C17H18BrN3. The summed E-state index contributed by atoms with van der Waals surface area (Å²) in [4.78, 5) is 4.55. The number of nitrogens with zero attached hydrogens (tertiary/aromatic N) is 2. The molecule has 0 amide bonds. The van der Waals surface area contributed by atoms with Gasteiger partial charge in [0.1, 0.15) is 6.33 Å². The summed E-state index contributed by atoms with van der Waals surface area (Å²) in [7, 11) is 1.96. The SMILES string of the molecule is CNCc1cc(Br)ccc1-n1cnc2cc(C)c(C)cc21. The van der Waals surface area contributed by atoms with E-state index < -0.39 is 0 Å². The number of imidazole rings is 1. The van der Waals surface area contributed by atoms with Crippen molar-refractivity contribution in [3.8, 4) is 5.69 Å². The molecule has 0 saturated heterocycles. The Morgan fingerprint density at radius 1 is 1.14 bits per heavy atom. The first-order valence-electron chi connectivity index (χ1n) is 6.98. The van der Waals surface area contributed by atoms with Gasteiger partial charge >= 0.3 is 0 Å². The van der Waals surface area contributed by atoms with Crippen LogP contribution in [0.25, 0.3) is 16.7 Å². The summed E-state index contributed by atoms with van der Waals surface area (Å²) in [5, 5.41) is 3.23. The van der Waals surface area contributed by atoms with E-state index in [1.165, 1.54) is 22.4 Å². The number of hydrogen-bond acceptors (Lipinski definition) is 2. The van der Waals surface area contributed by atoms with E-state index in [9.17, 15) is 0 Å². The summed E-state index contributed by atoms with van der Waals surface area (Å²) in [6.07, 6.45) is 1.91. The molecule has 21 heavy (non-hydrogen) atoms. The molecule has 1 N–H and O–H groups in total. The number of aryl methyl sites for hydroxylation is 2. The van der Waals surface area contributed by atoms with E-state index in [4.69, 9.17) is 0 Å². The van der Waals surface area contributed by atoms with Crippen LogP contribution in [0.4, 0.5) is 0 Å². The molecule has 1 heterocycles. The van der Waals surface area contributed by atoms with Crippen LogP contribution in [0.5, 0.6) is 0 Å². The van der Waals surface area contributed by atoms with Crippen molar-refractivity contribution in [2.75, 3.05) is 7.05 Å². The number of aromatic nitrogens is 2. The molecule has 0 unspecified atom stereocenters. The first-order valence-corrected chi connectivity index (χ1v) is 7.77. The lowest BCUT2D eigenvalue weighted by molar-refractivity contribution is 0.808. The van der Waals surface area contributed by atoms with Gasteiger partial charge < -0.3 is 5.32 Å². The number of fused-ring (bicyclic) bond motifs is 1. The smallest absolute Gasteiger partial charge is 0.100 e. The lowest BCUT2D eigenvalue weighted by Gasteiger charge is -2.12. The Morgan fingerprint density at radius 2 is 1.90 bits per heavy atom. The van der Waals surface area contributed by atoms with Crippen LogP contribution < -0.4 is 5.32 Å². The Kier molecular flexibility index (Phi) is 3.83. The maximum atomic E-state index is 4.55. The molecule has 0 saturated carbocycles. The van der Waals surface area contributed by atoms with Crippen molar-refractivity contribution >= 4 is 27.0 Å². The van der Waals surface area contributed by atoms with E-state index in [0.717, 1.165) is 22.1 Å². The zero-order valence-electron chi connectivity index (χ0n) is 12.4. The average Bonchev–Trinajstić information content (AvgIpc) is 2.83. The van der Waals surface area contributed by atoms with E-state index in [1.54, 1.807) is 0 Å². The van der Waals surface area contributed by atoms with Gasteiger partial charge in [-0.05, 0) is 67.9 Å². The van der Waals surface area contributed by atoms with Crippen LogP contribution in [0.3, 0.4) is 0 Å². The van der Waals surface area contributed by atoms with Crippen LogP contribution in [-0.2, 0) is 6.54 Å². The number of benzene rings is 2. The standard InChI is InChI=1S/C17H18BrN3/c1-11-6-15-17(7-12(11)2)21(10-20-15)16-5-4-14(18)8-13(16)9-19-3/h4-8,10,19H,9H2,1-3H3. The first-order chi connectivity index (χ1) is 10.1. The Bertz CT molecular complexity index is 805. The number of rotatable bonds is 3. The van der Waals surface area contributed by atoms with Crippen LogP contribution in [-0.4, -0.2) is 16.6 Å². The van der Waals surface area contributed by atoms with E-state index >= 15 is 0 Å². The van der Waals surface area contributed by atoms with Gasteiger partial charge in [-0.25, -0.2) is 4.98 Å². The number of nitrogens with one attached hydrogen (secondary N) is 1. The van der Waals surface area contributed by atoms with Gasteiger partial charge in [-0.3, -0.25) is 4.57 Å². The third-order valence-corrected chi connectivity index (χ3v) is 4.32. The van der Waals surface area contributed by atoms with Crippen molar-refractivity contribution in [2.24, 2.45) is 0 Å². The van der Waals surface area contributed by atoms with Crippen molar-refractivity contribution in [3.63, 3.8) is 0 Å². The minimum absolute atomic E-state index is 0.819. The fraction of sp³-hybridized carbons (Fsp3) is 0.235. The quantitative estimate of drug-likeness (QED) is 0.774. The van der Waals surface area contributed by atoms with Crippen LogP contribution in [0, 0.1) is 13.8 Å². The van der Waals surface area contributed by atoms with Gasteiger partial charge in [0.25, 0.3) is 0 Å². The summed E-state index contributed by atoms with van der Waals surface area (Å²) in [5.74, 6) is 0. The molecule has 0 spiro atoms. The molecule has 0 bridgehead atoms. The second-order valence-electron chi connectivity index (χ2n) is 5.34. The molecule has 0 aliphatic heterocycles. The molecule has 4 heteroatoms. The van der Waals surface area contributed by atoms with E-state index in [0.29, 0.717) is 0 Å². The van der Waals surface area contributed by atoms with Gasteiger partial charge in [0.05, 0.1) is 16.7 Å². The van der Waals surface area contributed by atoms with Gasteiger partial charge in [-0.15, -0.1) is 0 Å². The predicted molar refractivity (Wildman–Crippen MR) is 91.0 cm³/mol. The molecule has 0 radical (unpaired) electrons. The first kappa shape index (κ1) is 14.3. The van der Waals surface area contributed by atoms with Crippen LogP contribution in [0.1, 0.15) is 16.7 Å². The minimum atomic E-state index is 0.819. The van der Waals surface area contributed by atoms with E-state index in [2.05, 4.69) is 75.0 Å². The summed E-state index contributed by atoms with van der Waals surface area (Å²) in [5.41, 5.74) is 7.16. The second kappa shape index (κ2) is 5.62. The second-order valence-corrected chi connectivity index (χ2v) is 6.26. The highest BCUT2D eigenvalue weighted by Gasteiger charge is 2.10. The lowest BCUT2D eigenvalue weighted by atomic mass is 10.1. The zero-order chi connectivity index (χ0) is 15.0. The third-order valence-electron chi connectivity index (χ3n) is 3.83. The van der Waals surface area contributed by atoms with Crippen molar-refractivity contribution in [3.05, 3.63) is 57.8 Å². The Labute approximate surface area is 133 Å². The van der Waals surface area contributed by atoms with Gasteiger partial charge in [-0.2, -0.15) is 0 Å². The van der Waals surface area contributed by atoms with Gasteiger partial charge in [0.15, 0.2) is 0 Å². The van der Waals surface area contributed by atoms with Crippen LogP contribution >= 0.6 is 15.9 Å². The van der Waals surface area contributed by atoms with Gasteiger partial charge in [0.2, 0.25) is 0 Å². The highest BCUT2D eigenvalue weighted by atomic mass is 79.9. The molecule has 3 aromatic rings. The third kappa shape index (κ3) is 2.61. The fourth-order valence-electron chi connectivity index (χ4n) is 2.58. The number of halogens is 1. The largest absolute Gasteiger partial charge is 0.316 e. The van der Waals surface area contributed by atoms with Crippen molar-refractivity contribution in [1.29, 1.82) is 0 Å². The van der Waals surface area contributed by atoms with Crippen molar-refractivity contribution in [2.45, 2.75) is 20.4 Å². The number of hydrogen-bond donors (Lipinski definition) is 1. The lowest BCUT2D eigenvalue weighted by Crippen LogP contribution is -2.09. The molecule has 1 aromatic heterocycles. The summed E-state index contributed by atoms with van der Waals surface area (Å²) >= 11 is 3.55. The molecular weight excluding hydrogens is 326 g/mol. The highest BCUT2D eigenvalue weighted by molar-refractivity contribution is 9.10. The van der Waals surface area contributed by atoms with E-state index in [-0.39, 0.29) is 0 Å². The van der Waals surface area contributed by atoms with Crippen LogP contribution in [0.15, 0.2) is 41.1 Å². The highest BCUT2D eigenvalue weighted by Crippen LogP contribution is 2.25. The van der Waals surface area contributed by atoms with Gasteiger partial charge in [-0.1, -0.05) is 15.9 Å². The normalized spacial score (nSPS) is 11.2. The molecule has 2 aromatic carbocycles. The maximum Gasteiger partial charge on any atom is 0.100 e. The van der Waals surface area contributed by atoms with Crippen molar-refractivity contribution < 1.29 is 0 Å². The topological polar surface area (TPSA) is 29.9 Å². The van der Waals surface area contributed by atoms with Crippen LogP contribution in [0.2, 0.25) is 0 Å². The summed E-state index contributed by atoms with van der Waals surface area (Å²) in [6, 6.07) is 10.7. The molecule has 108 valence electrons. The molecule has 0 aliphatic carbocycles. The Morgan fingerprint density at radius 3 is 2.67 bits per heavy atom. The molecule has 0 atom stereocenters. The monoisotopic (exact) mass is 343 g/mol. The summed E-state index contributed by atoms with van der Waals surface area (Å²) in [6.45, 7) is 5.08. The zero-order valence-corrected chi connectivity index (χ0v) is 14.0. The predicted octanol–water partition coefficient (Wildman–Crippen LogP) is 4.12. The fourth-order valence-corrected chi connectivity index (χ4v) is 2.99. The Hall–Kier alpha value is -1.65. The Balaban J connectivity index is 2.23. The average molecular weight is 344 g/mol. The molecule has 0 fully saturated rings. The van der Waals surface area contributed by atoms with E-state index in [1.807, 2.05) is 13.4 Å². The van der Waals surface area contributed by atoms with Crippen molar-refractivity contribution in [1.82, 2.24) is 14.9 Å². The maximum absolute atomic E-state index is 4.55. The minimum Gasteiger partial charge on any atom is -0.316 e. The molecule has 3 rings (SSSR count).